The van der Waals surface area contributed by atoms with E-state index in [4.69, 9.17) is 22.7 Å². The van der Waals surface area contributed by atoms with Gasteiger partial charge in [-0.25, -0.2) is 0 Å². The smallest absolute Gasteiger partial charge is 0.119 e. The first kappa shape index (κ1) is 13.3. The van der Waals surface area contributed by atoms with Crippen molar-refractivity contribution >= 4 is 17.2 Å². The fourth-order valence-corrected chi connectivity index (χ4v) is 2.80. The van der Waals surface area contributed by atoms with Gasteiger partial charge in [-0.05, 0) is 49.4 Å². The fraction of sp³-hybridized carbons (Fsp3) is 0.533. The van der Waals surface area contributed by atoms with Crippen molar-refractivity contribution in [1.29, 1.82) is 0 Å². The minimum Gasteiger partial charge on any atom is -0.493 e. The third-order valence-electron chi connectivity index (χ3n) is 3.67. The van der Waals surface area contributed by atoms with Gasteiger partial charge < -0.3 is 10.5 Å². The SMILES string of the molecule is Cc1cc(OCC2CCCCC2)ccc1C(N)=S. The summed E-state index contributed by atoms with van der Waals surface area (Å²) in [4.78, 5) is 0.450. The molecule has 98 valence electrons. The van der Waals surface area contributed by atoms with Crippen LogP contribution in [-0.4, -0.2) is 11.6 Å². The van der Waals surface area contributed by atoms with E-state index < -0.39 is 0 Å². The molecule has 0 amide bonds. The van der Waals surface area contributed by atoms with Crippen LogP contribution in [-0.2, 0) is 0 Å². The number of ether oxygens (including phenoxy) is 1. The van der Waals surface area contributed by atoms with Crippen molar-refractivity contribution in [1.82, 2.24) is 0 Å². The Morgan fingerprint density at radius 2 is 2.06 bits per heavy atom. The number of thiocarbonyl (C=S) groups is 1. The molecule has 1 aliphatic rings. The quantitative estimate of drug-likeness (QED) is 0.843. The number of hydrogen-bond acceptors (Lipinski definition) is 2. The van der Waals surface area contributed by atoms with Gasteiger partial charge in [-0.1, -0.05) is 31.5 Å². The summed E-state index contributed by atoms with van der Waals surface area (Å²) >= 11 is 5.00. The molecule has 3 heteroatoms. The lowest BCUT2D eigenvalue weighted by Gasteiger charge is -2.21. The average Bonchev–Trinajstić information content (AvgIpc) is 2.37. The molecule has 1 aliphatic carbocycles. The summed E-state index contributed by atoms with van der Waals surface area (Å²) in [6.45, 7) is 2.85. The normalized spacial score (nSPS) is 16.5. The minimum absolute atomic E-state index is 0.450. The molecule has 1 aromatic rings. The van der Waals surface area contributed by atoms with E-state index in [1.165, 1.54) is 32.1 Å². The van der Waals surface area contributed by atoms with E-state index in [1.807, 2.05) is 25.1 Å². The lowest BCUT2D eigenvalue weighted by Crippen LogP contribution is -2.15. The van der Waals surface area contributed by atoms with Crippen LogP contribution in [0.25, 0.3) is 0 Å². The van der Waals surface area contributed by atoms with Crippen LogP contribution < -0.4 is 10.5 Å². The predicted molar refractivity (Wildman–Crippen MR) is 79.1 cm³/mol. The Hall–Kier alpha value is -1.09. The Kier molecular flexibility index (Phi) is 4.59. The maximum absolute atomic E-state index is 5.88. The lowest BCUT2D eigenvalue weighted by molar-refractivity contribution is 0.209. The molecule has 0 aliphatic heterocycles. The largest absolute Gasteiger partial charge is 0.493 e. The lowest BCUT2D eigenvalue weighted by atomic mass is 9.90. The van der Waals surface area contributed by atoms with Crippen molar-refractivity contribution in [2.75, 3.05) is 6.61 Å². The van der Waals surface area contributed by atoms with E-state index in [0.717, 1.165) is 29.4 Å². The van der Waals surface area contributed by atoms with Crippen molar-refractivity contribution < 1.29 is 4.74 Å². The first-order valence-corrected chi connectivity index (χ1v) is 7.11. The van der Waals surface area contributed by atoms with Crippen LogP contribution in [0.5, 0.6) is 5.75 Å². The molecule has 0 bridgehead atoms. The molecule has 18 heavy (non-hydrogen) atoms. The molecule has 0 unspecified atom stereocenters. The van der Waals surface area contributed by atoms with Crippen LogP contribution in [0.4, 0.5) is 0 Å². The van der Waals surface area contributed by atoms with Crippen LogP contribution in [0, 0.1) is 12.8 Å². The second-order valence-electron chi connectivity index (χ2n) is 5.16. The maximum Gasteiger partial charge on any atom is 0.119 e. The van der Waals surface area contributed by atoms with E-state index in [9.17, 15) is 0 Å². The number of benzene rings is 1. The highest BCUT2D eigenvalue weighted by Crippen LogP contribution is 2.25. The van der Waals surface area contributed by atoms with Gasteiger partial charge in [0, 0.05) is 5.56 Å². The summed E-state index contributed by atoms with van der Waals surface area (Å²) in [6.07, 6.45) is 6.72. The average molecular weight is 263 g/mol. The van der Waals surface area contributed by atoms with E-state index in [0.29, 0.717) is 4.99 Å². The van der Waals surface area contributed by atoms with Crippen molar-refractivity contribution in [3.05, 3.63) is 29.3 Å². The zero-order valence-corrected chi connectivity index (χ0v) is 11.8. The molecule has 1 fully saturated rings. The highest BCUT2D eigenvalue weighted by atomic mass is 32.1. The molecular weight excluding hydrogens is 242 g/mol. The Morgan fingerprint density at radius 1 is 1.33 bits per heavy atom. The first-order chi connectivity index (χ1) is 8.66. The van der Waals surface area contributed by atoms with Crippen molar-refractivity contribution in [2.45, 2.75) is 39.0 Å². The zero-order chi connectivity index (χ0) is 13.0. The zero-order valence-electron chi connectivity index (χ0n) is 10.9. The first-order valence-electron chi connectivity index (χ1n) is 6.70. The van der Waals surface area contributed by atoms with Gasteiger partial charge in [-0.2, -0.15) is 0 Å². The second-order valence-corrected chi connectivity index (χ2v) is 5.60. The number of rotatable bonds is 4. The number of hydrogen-bond donors (Lipinski definition) is 1. The molecule has 0 spiro atoms. The van der Waals surface area contributed by atoms with Gasteiger partial charge in [0.2, 0.25) is 0 Å². The van der Waals surface area contributed by atoms with Crippen molar-refractivity contribution in [3.63, 3.8) is 0 Å². The van der Waals surface area contributed by atoms with E-state index >= 15 is 0 Å². The Morgan fingerprint density at radius 3 is 2.67 bits per heavy atom. The molecule has 2 rings (SSSR count). The molecule has 0 saturated heterocycles. The highest BCUT2D eigenvalue weighted by Gasteiger charge is 2.14. The summed E-state index contributed by atoms with van der Waals surface area (Å²) < 4.78 is 5.88. The maximum atomic E-state index is 5.88. The van der Waals surface area contributed by atoms with Crippen LogP contribution in [0.15, 0.2) is 18.2 Å². The predicted octanol–water partition coefficient (Wildman–Crippen LogP) is 3.59. The molecule has 0 heterocycles. The standard InChI is InChI=1S/C15H21NOS/c1-11-9-13(7-8-14(11)15(16)18)17-10-12-5-3-2-4-6-12/h7-9,12H,2-6,10H2,1H3,(H2,16,18). The van der Waals surface area contributed by atoms with E-state index in [2.05, 4.69) is 0 Å². The third kappa shape index (κ3) is 3.45. The van der Waals surface area contributed by atoms with E-state index in [-0.39, 0.29) is 0 Å². The summed E-state index contributed by atoms with van der Waals surface area (Å²) in [5.74, 6) is 1.66. The van der Waals surface area contributed by atoms with Crippen molar-refractivity contribution in [3.8, 4) is 5.75 Å². The monoisotopic (exact) mass is 263 g/mol. The van der Waals surface area contributed by atoms with Gasteiger partial charge in [0.05, 0.1) is 6.61 Å². The molecule has 2 nitrogen and oxygen atoms in total. The van der Waals surface area contributed by atoms with Gasteiger partial charge in [0.25, 0.3) is 0 Å². The van der Waals surface area contributed by atoms with Gasteiger partial charge in [0.15, 0.2) is 0 Å². The fourth-order valence-electron chi connectivity index (χ4n) is 2.57. The van der Waals surface area contributed by atoms with Crippen LogP contribution in [0.3, 0.4) is 0 Å². The summed E-state index contributed by atoms with van der Waals surface area (Å²) in [6, 6.07) is 5.94. The van der Waals surface area contributed by atoms with Crippen LogP contribution in [0.2, 0.25) is 0 Å². The molecular formula is C15H21NOS. The summed E-state index contributed by atoms with van der Waals surface area (Å²) in [7, 11) is 0. The van der Waals surface area contributed by atoms with Gasteiger partial charge in [-0.15, -0.1) is 0 Å². The molecule has 1 aromatic carbocycles. The van der Waals surface area contributed by atoms with Crippen molar-refractivity contribution in [2.24, 2.45) is 11.7 Å². The molecule has 1 saturated carbocycles. The molecule has 0 aromatic heterocycles. The second kappa shape index (κ2) is 6.19. The summed E-state index contributed by atoms with van der Waals surface area (Å²) in [5, 5.41) is 0. The minimum atomic E-state index is 0.450. The topological polar surface area (TPSA) is 35.2 Å². The molecule has 0 atom stereocenters. The van der Waals surface area contributed by atoms with Gasteiger partial charge in [0.1, 0.15) is 10.7 Å². The third-order valence-corrected chi connectivity index (χ3v) is 3.89. The van der Waals surface area contributed by atoms with E-state index in [1.54, 1.807) is 0 Å². The van der Waals surface area contributed by atoms with Crippen LogP contribution >= 0.6 is 12.2 Å². The molecule has 0 radical (unpaired) electrons. The Labute approximate surface area is 115 Å². The highest BCUT2D eigenvalue weighted by molar-refractivity contribution is 7.80. The van der Waals surface area contributed by atoms with Gasteiger partial charge >= 0.3 is 0 Å². The molecule has 2 N–H and O–H groups in total. The van der Waals surface area contributed by atoms with Crippen LogP contribution in [0.1, 0.15) is 43.2 Å². The Bertz CT molecular complexity index is 425. The summed E-state index contributed by atoms with van der Waals surface area (Å²) in [5.41, 5.74) is 7.67. The number of nitrogens with two attached hydrogens (primary N) is 1. The number of aryl methyl sites for hydroxylation is 1. The Balaban J connectivity index is 1.93. The van der Waals surface area contributed by atoms with Gasteiger partial charge in [-0.3, -0.25) is 0 Å².